The lowest BCUT2D eigenvalue weighted by Crippen LogP contribution is -2.20. The summed E-state index contributed by atoms with van der Waals surface area (Å²) in [6.07, 6.45) is 0.298. The minimum absolute atomic E-state index is 0.298. The van der Waals surface area contributed by atoms with Crippen molar-refractivity contribution in [1.29, 1.82) is 0 Å². The third kappa shape index (κ3) is 5.30. The predicted molar refractivity (Wildman–Crippen MR) is 71.9 cm³/mol. The molecule has 0 aliphatic carbocycles. The second kappa shape index (κ2) is 7.28. The number of rotatable bonds is 6. The van der Waals surface area contributed by atoms with E-state index < -0.39 is 0 Å². The fraction of sp³-hybridized carbons (Fsp3) is 0.500. The van der Waals surface area contributed by atoms with Gasteiger partial charge in [0.15, 0.2) is 0 Å². The molecule has 0 saturated heterocycles. The summed E-state index contributed by atoms with van der Waals surface area (Å²) in [4.78, 5) is 0. The van der Waals surface area contributed by atoms with Gasteiger partial charge in [0.1, 0.15) is 0 Å². The molecular formula is C12H17BrClNO. The Morgan fingerprint density at radius 1 is 1.44 bits per heavy atom. The van der Waals surface area contributed by atoms with Crippen LogP contribution in [0.1, 0.15) is 19.4 Å². The molecule has 16 heavy (non-hydrogen) atoms. The largest absolute Gasteiger partial charge is 0.377 e. The van der Waals surface area contributed by atoms with Gasteiger partial charge in [0, 0.05) is 17.6 Å². The maximum atomic E-state index is 5.91. The normalized spacial score (nSPS) is 11.1. The van der Waals surface area contributed by atoms with Crippen LogP contribution in [-0.4, -0.2) is 19.3 Å². The summed E-state index contributed by atoms with van der Waals surface area (Å²) in [6.45, 7) is 6.51. The summed E-state index contributed by atoms with van der Waals surface area (Å²) in [5.41, 5.74) is 1.21. The second-order valence-electron chi connectivity index (χ2n) is 3.84. The van der Waals surface area contributed by atoms with E-state index in [2.05, 4.69) is 21.2 Å². The Hall–Kier alpha value is -0.0900. The van der Waals surface area contributed by atoms with E-state index in [1.165, 1.54) is 5.56 Å². The van der Waals surface area contributed by atoms with Crippen LogP contribution >= 0.6 is 27.5 Å². The molecule has 1 aromatic carbocycles. The van der Waals surface area contributed by atoms with Crippen LogP contribution in [0.3, 0.4) is 0 Å². The van der Waals surface area contributed by atoms with Crippen LogP contribution in [0, 0.1) is 0 Å². The highest BCUT2D eigenvalue weighted by Crippen LogP contribution is 2.22. The summed E-state index contributed by atoms with van der Waals surface area (Å²) in [5.74, 6) is 0. The van der Waals surface area contributed by atoms with E-state index >= 15 is 0 Å². The molecule has 1 rings (SSSR count). The molecule has 0 saturated carbocycles. The Morgan fingerprint density at radius 2 is 2.19 bits per heavy atom. The maximum absolute atomic E-state index is 5.91. The first-order chi connectivity index (χ1) is 7.59. The average molecular weight is 307 g/mol. The van der Waals surface area contributed by atoms with Crippen molar-refractivity contribution in [2.24, 2.45) is 0 Å². The highest BCUT2D eigenvalue weighted by atomic mass is 79.9. The first-order valence-electron chi connectivity index (χ1n) is 5.36. The molecule has 90 valence electrons. The van der Waals surface area contributed by atoms with Crippen molar-refractivity contribution in [1.82, 2.24) is 5.32 Å². The molecule has 0 unspecified atom stereocenters. The Morgan fingerprint density at radius 3 is 2.81 bits per heavy atom. The van der Waals surface area contributed by atoms with E-state index in [-0.39, 0.29) is 0 Å². The summed E-state index contributed by atoms with van der Waals surface area (Å²) >= 11 is 9.32. The topological polar surface area (TPSA) is 21.3 Å². The molecule has 0 fully saturated rings. The van der Waals surface area contributed by atoms with Gasteiger partial charge in [-0.1, -0.05) is 17.7 Å². The average Bonchev–Trinajstić information content (AvgIpc) is 2.22. The minimum Gasteiger partial charge on any atom is -0.377 e. The Kier molecular flexibility index (Phi) is 6.36. The van der Waals surface area contributed by atoms with Crippen LogP contribution in [0.2, 0.25) is 5.02 Å². The van der Waals surface area contributed by atoms with E-state index in [9.17, 15) is 0 Å². The molecule has 0 bridgehead atoms. The molecule has 1 aromatic rings. The van der Waals surface area contributed by atoms with Crippen molar-refractivity contribution in [2.45, 2.75) is 26.5 Å². The highest BCUT2D eigenvalue weighted by Gasteiger charge is 1.99. The first kappa shape index (κ1) is 14.0. The Bertz CT molecular complexity index is 331. The third-order valence-corrected chi connectivity index (χ3v) is 3.26. The van der Waals surface area contributed by atoms with Crippen LogP contribution in [0.5, 0.6) is 0 Å². The van der Waals surface area contributed by atoms with Crippen molar-refractivity contribution in [3.8, 4) is 0 Å². The standard InChI is InChI=1S/C12H17BrClNO/c1-9(2)16-6-5-15-8-10-3-4-12(14)11(13)7-10/h3-4,7,9,15H,5-6,8H2,1-2H3. The lowest BCUT2D eigenvalue weighted by Gasteiger charge is -2.09. The second-order valence-corrected chi connectivity index (χ2v) is 5.11. The summed E-state index contributed by atoms with van der Waals surface area (Å²) in [7, 11) is 0. The number of benzene rings is 1. The molecule has 2 nitrogen and oxygen atoms in total. The molecule has 0 aliphatic heterocycles. The van der Waals surface area contributed by atoms with E-state index in [0.717, 1.165) is 29.2 Å². The van der Waals surface area contributed by atoms with Gasteiger partial charge in [0.2, 0.25) is 0 Å². The van der Waals surface area contributed by atoms with Crippen LogP contribution in [0.4, 0.5) is 0 Å². The van der Waals surface area contributed by atoms with Crippen LogP contribution in [0.25, 0.3) is 0 Å². The predicted octanol–water partition coefficient (Wildman–Crippen LogP) is 3.62. The van der Waals surface area contributed by atoms with Gasteiger partial charge in [-0.2, -0.15) is 0 Å². The zero-order valence-electron chi connectivity index (χ0n) is 9.59. The number of hydrogen-bond donors (Lipinski definition) is 1. The van der Waals surface area contributed by atoms with Gasteiger partial charge in [0.25, 0.3) is 0 Å². The fourth-order valence-corrected chi connectivity index (χ4v) is 1.79. The molecule has 0 aromatic heterocycles. The lowest BCUT2D eigenvalue weighted by atomic mass is 10.2. The highest BCUT2D eigenvalue weighted by molar-refractivity contribution is 9.10. The number of halogens is 2. The van der Waals surface area contributed by atoms with Crippen molar-refractivity contribution in [2.75, 3.05) is 13.2 Å². The number of hydrogen-bond acceptors (Lipinski definition) is 2. The van der Waals surface area contributed by atoms with Crippen LogP contribution < -0.4 is 5.32 Å². The van der Waals surface area contributed by atoms with Gasteiger partial charge in [-0.25, -0.2) is 0 Å². The third-order valence-electron chi connectivity index (χ3n) is 2.04. The summed E-state index contributed by atoms with van der Waals surface area (Å²) in [6, 6.07) is 5.94. The summed E-state index contributed by atoms with van der Waals surface area (Å²) < 4.78 is 6.37. The molecule has 0 heterocycles. The number of nitrogens with one attached hydrogen (secondary N) is 1. The molecule has 1 N–H and O–H groups in total. The van der Waals surface area contributed by atoms with Gasteiger partial charge >= 0.3 is 0 Å². The minimum atomic E-state index is 0.298. The van der Waals surface area contributed by atoms with E-state index in [0.29, 0.717) is 6.10 Å². The zero-order valence-corrected chi connectivity index (χ0v) is 11.9. The molecule has 0 aliphatic rings. The van der Waals surface area contributed by atoms with Crippen molar-refractivity contribution < 1.29 is 4.74 Å². The van der Waals surface area contributed by atoms with Gasteiger partial charge in [-0.15, -0.1) is 0 Å². The van der Waals surface area contributed by atoms with Crippen molar-refractivity contribution in [3.05, 3.63) is 33.3 Å². The molecule has 4 heteroatoms. The van der Waals surface area contributed by atoms with Gasteiger partial charge in [0.05, 0.1) is 17.7 Å². The molecule has 0 spiro atoms. The molecule has 0 radical (unpaired) electrons. The monoisotopic (exact) mass is 305 g/mol. The Balaban J connectivity index is 2.24. The van der Waals surface area contributed by atoms with Gasteiger partial charge in [-0.3, -0.25) is 0 Å². The van der Waals surface area contributed by atoms with E-state index in [4.69, 9.17) is 16.3 Å². The van der Waals surface area contributed by atoms with Crippen molar-refractivity contribution >= 4 is 27.5 Å². The smallest absolute Gasteiger partial charge is 0.0594 e. The van der Waals surface area contributed by atoms with E-state index in [1.54, 1.807) is 0 Å². The lowest BCUT2D eigenvalue weighted by molar-refractivity contribution is 0.0807. The number of ether oxygens (including phenoxy) is 1. The molecular weight excluding hydrogens is 289 g/mol. The fourth-order valence-electron chi connectivity index (χ4n) is 1.25. The zero-order chi connectivity index (χ0) is 12.0. The van der Waals surface area contributed by atoms with Gasteiger partial charge in [-0.05, 0) is 47.5 Å². The first-order valence-corrected chi connectivity index (χ1v) is 6.53. The Labute approximate surface area is 110 Å². The molecule has 0 atom stereocenters. The van der Waals surface area contributed by atoms with Gasteiger partial charge < -0.3 is 10.1 Å². The van der Waals surface area contributed by atoms with Crippen LogP contribution in [0.15, 0.2) is 22.7 Å². The summed E-state index contributed by atoms with van der Waals surface area (Å²) in [5, 5.41) is 4.06. The maximum Gasteiger partial charge on any atom is 0.0594 e. The SMILES string of the molecule is CC(C)OCCNCc1ccc(Cl)c(Br)c1. The quantitative estimate of drug-likeness (QED) is 0.811. The molecule has 0 amide bonds. The van der Waals surface area contributed by atoms with E-state index in [1.807, 2.05) is 32.0 Å². The van der Waals surface area contributed by atoms with Crippen LogP contribution in [-0.2, 0) is 11.3 Å². The van der Waals surface area contributed by atoms with Crippen molar-refractivity contribution in [3.63, 3.8) is 0 Å².